The van der Waals surface area contributed by atoms with Crippen LogP contribution in [0.1, 0.15) is 58.3 Å². The highest BCUT2D eigenvalue weighted by Crippen LogP contribution is 2.45. The number of hydrogen-bond donors (Lipinski definition) is 1. The fourth-order valence-corrected chi connectivity index (χ4v) is 5.52. The molecule has 9 nitrogen and oxygen atoms in total. The van der Waals surface area contributed by atoms with Crippen LogP contribution >= 0.6 is 11.6 Å². The number of aryl methyl sites for hydroxylation is 3. The van der Waals surface area contributed by atoms with E-state index < -0.39 is 12.1 Å². The van der Waals surface area contributed by atoms with Gasteiger partial charge in [0.05, 0.1) is 29.5 Å². The van der Waals surface area contributed by atoms with Crippen LogP contribution in [0.4, 0.5) is 10.5 Å². The molecule has 0 radical (unpaired) electrons. The predicted molar refractivity (Wildman–Crippen MR) is 131 cm³/mol. The molecule has 3 unspecified atom stereocenters. The second-order valence-corrected chi connectivity index (χ2v) is 9.63. The number of halogens is 1. The molecule has 1 aromatic carbocycles. The first kappa shape index (κ1) is 23.2. The Morgan fingerprint density at radius 3 is 2.49 bits per heavy atom. The lowest BCUT2D eigenvalue weighted by Gasteiger charge is -2.46. The van der Waals surface area contributed by atoms with Crippen LogP contribution in [-0.4, -0.2) is 48.9 Å². The summed E-state index contributed by atoms with van der Waals surface area (Å²) in [5.74, 6) is -0.234. The van der Waals surface area contributed by atoms with Crippen molar-refractivity contribution in [2.75, 3.05) is 11.4 Å². The Bertz CT molecular complexity index is 1380. The third kappa shape index (κ3) is 3.44. The first-order valence-electron chi connectivity index (χ1n) is 11.5. The van der Waals surface area contributed by atoms with E-state index in [0.717, 1.165) is 11.1 Å². The average molecular weight is 496 g/mol. The summed E-state index contributed by atoms with van der Waals surface area (Å²) in [6, 6.07) is 8.13. The minimum Gasteiger partial charge on any atom is -0.465 e. The van der Waals surface area contributed by atoms with E-state index in [9.17, 15) is 19.5 Å². The van der Waals surface area contributed by atoms with Crippen molar-refractivity contribution in [1.29, 1.82) is 0 Å². The molecular weight excluding hydrogens is 470 g/mol. The number of carbonyl (C=O) groups is 2. The number of fused-ring (bicyclic) bond motifs is 1. The van der Waals surface area contributed by atoms with Crippen LogP contribution in [0.5, 0.6) is 0 Å². The van der Waals surface area contributed by atoms with Crippen LogP contribution in [0.15, 0.2) is 41.3 Å². The summed E-state index contributed by atoms with van der Waals surface area (Å²) in [6.07, 6.45) is 1.31. The minimum atomic E-state index is -0.971. The molecule has 0 spiro atoms. The maximum atomic E-state index is 14.1. The van der Waals surface area contributed by atoms with E-state index in [1.807, 2.05) is 26.0 Å². The van der Waals surface area contributed by atoms with Crippen LogP contribution in [0.3, 0.4) is 0 Å². The van der Waals surface area contributed by atoms with Gasteiger partial charge in [-0.3, -0.25) is 19.2 Å². The number of carboxylic acid groups (broad SMARTS) is 1. The average Bonchev–Trinajstić information content (AvgIpc) is 3.27. The van der Waals surface area contributed by atoms with Crippen LogP contribution < -0.4 is 10.5 Å². The van der Waals surface area contributed by atoms with Crippen molar-refractivity contribution < 1.29 is 14.7 Å². The summed E-state index contributed by atoms with van der Waals surface area (Å²) in [7, 11) is 1.66. The Hall–Kier alpha value is -3.59. The summed E-state index contributed by atoms with van der Waals surface area (Å²) in [5.41, 5.74) is 3.82. The highest BCUT2D eigenvalue weighted by Gasteiger charge is 2.49. The Morgan fingerprint density at radius 2 is 1.89 bits per heavy atom. The van der Waals surface area contributed by atoms with E-state index in [0.29, 0.717) is 34.1 Å². The fourth-order valence-electron chi connectivity index (χ4n) is 5.40. The molecule has 2 aromatic heterocycles. The summed E-state index contributed by atoms with van der Waals surface area (Å²) < 4.78 is 3.20. The number of hydrogen-bond acceptors (Lipinski definition) is 4. The molecule has 0 bridgehead atoms. The van der Waals surface area contributed by atoms with Gasteiger partial charge in [-0.25, -0.2) is 4.79 Å². The van der Waals surface area contributed by atoms with Gasteiger partial charge in [0, 0.05) is 35.9 Å². The Labute approximate surface area is 207 Å². The van der Waals surface area contributed by atoms with Gasteiger partial charge in [-0.1, -0.05) is 30.7 Å². The van der Waals surface area contributed by atoms with E-state index in [2.05, 4.69) is 0 Å². The van der Waals surface area contributed by atoms with Crippen LogP contribution in [0, 0.1) is 13.8 Å². The third-order valence-electron chi connectivity index (χ3n) is 7.10. The fraction of sp³-hybridized carbons (Fsp3) is 0.360. The van der Waals surface area contributed by atoms with Crippen molar-refractivity contribution in [2.45, 2.75) is 45.3 Å². The number of benzene rings is 1. The molecule has 1 N–H and O–H groups in total. The number of nitrogens with zero attached hydrogens (tertiary/aromatic N) is 5. The van der Waals surface area contributed by atoms with Gasteiger partial charge in [0.1, 0.15) is 5.69 Å². The molecule has 2 amide bonds. The maximum Gasteiger partial charge on any atom is 0.407 e. The van der Waals surface area contributed by atoms with Gasteiger partial charge in [-0.2, -0.15) is 5.10 Å². The number of pyridine rings is 1. The number of likely N-dealkylation sites (tertiary alicyclic amines) is 1. The molecule has 2 aliphatic rings. The van der Waals surface area contributed by atoms with Crippen LogP contribution in [0.2, 0.25) is 5.02 Å². The summed E-state index contributed by atoms with van der Waals surface area (Å²) in [6.45, 7) is 5.81. The summed E-state index contributed by atoms with van der Waals surface area (Å²) in [5, 5.41) is 14.8. The number of aromatic nitrogens is 3. The lowest BCUT2D eigenvalue weighted by Crippen LogP contribution is -2.59. The number of carbonyl (C=O) groups excluding carboxylic acids is 1. The zero-order chi connectivity index (χ0) is 25.2. The standard InChI is InChI=1S/C25H26ClN5O4/c1-5-18-19(12-29(18)25(34)35)31-22-20(14(3)27-31)21(15-6-8-16(26)9-7-15)30(24(22)33)17-10-13(2)23(32)28(4)11-17/h6-11,18-19,21H,5,12H2,1-4H3,(H,34,35). The number of rotatable bonds is 4. The smallest absolute Gasteiger partial charge is 0.407 e. The molecule has 4 heterocycles. The van der Waals surface area contributed by atoms with Crippen molar-refractivity contribution >= 4 is 29.3 Å². The van der Waals surface area contributed by atoms with Gasteiger partial charge >= 0.3 is 6.09 Å². The third-order valence-corrected chi connectivity index (χ3v) is 7.35. The Morgan fingerprint density at radius 1 is 1.20 bits per heavy atom. The van der Waals surface area contributed by atoms with E-state index in [4.69, 9.17) is 16.7 Å². The molecule has 1 fully saturated rings. The van der Waals surface area contributed by atoms with E-state index >= 15 is 0 Å². The Kier molecular flexibility index (Phi) is 5.47. The molecule has 10 heteroatoms. The maximum absolute atomic E-state index is 14.1. The lowest BCUT2D eigenvalue weighted by atomic mass is 9.94. The normalized spacial score (nSPS) is 21.3. The largest absolute Gasteiger partial charge is 0.465 e. The van der Waals surface area contributed by atoms with E-state index in [1.165, 1.54) is 9.47 Å². The molecule has 3 atom stereocenters. The Balaban J connectivity index is 1.68. The van der Waals surface area contributed by atoms with Gasteiger partial charge in [0.2, 0.25) is 0 Å². The second kappa shape index (κ2) is 8.27. The van der Waals surface area contributed by atoms with Gasteiger partial charge in [-0.15, -0.1) is 0 Å². The van der Waals surface area contributed by atoms with E-state index in [1.54, 1.807) is 47.9 Å². The topological polar surface area (TPSA) is 101 Å². The molecule has 2 aliphatic heterocycles. The first-order chi connectivity index (χ1) is 16.6. The number of amides is 2. The zero-order valence-corrected chi connectivity index (χ0v) is 20.7. The predicted octanol–water partition coefficient (Wildman–Crippen LogP) is 3.92. The van der Waals surface area contributed by atoms with Gasteiger partial charge in [0.25, 0.3) is 11.5 Å². The molecule has 3 aromatic rings. The van der Waals surface area contributed by atoms with Crippen molar-refractivity contribution in [2.24, 2.45) is 7.05 Å². The van der Waals surface area contributed by atoms with Crippen molar-refractivity contribution in [1.82, 2.24) is 19.2 Å². The number of anilines is 1. The van der Waals surface area contributed by atoms with Gasteiger partial charge < -0.3 is 14.6 Å². The van der Waals surface area contributed by atoms with Crippen molar-refractivity contribution in [3.63, 3.8) is 0 Å². The minimum absolute atomic E-state index is 0.127. The van der Waals surface area contributed by atoms with Crippen molar-refractivity contribution in [3.8, 4) is 0 Å². The zero-order valence-electron chi connectivity index (χ0n) is 19.9. The van der Waals surface area contributed by atoms with Crippen molar-refractivity contribution in [3.05, 3.63) is 80.0 Å². The molecule has 5 rings (SSSR count). The highest BCUT2D eigenvalue weighted by molar-refractivity contribution is 6.30. The van der Waals surface area contributed by atoms with Gasteiger partial charge in [-0.05, 0) is 44.0 Å². The highest BCUT2D eigenvalue weighted by atomic mass is 35.5. The monoisotopic (exact) mass is 495 g/mol. The van der Waals surface area contributed by atoms with Gasteiger partial charge in [0.15, 0.2) is 0 Å². The lowest BCUT2D eigenvalue weighted by molar-refractivity contribution is 0.0212. The van der Waals surface area contributed by atoms with E-state index in [-0.39, 0.29) is 30.1 Å². The SMILES string of the molecule is CCC1C(n2nc(C)c3c2C(=O)N(c2cc(C)c(=O)n(C)c2)C3c2ccc(Cl)cc2)CN1C(=O)O. The van der Waals surface area contributed by atoms with Crippen LogP contribution in [-0.2, 0) is 7.05 Å². The molecule has 1 saturated heterocycles. The first-order valence-corrected chi connectivity index (χ1v) is 11.9. The van der Waals surface area contributed by atoms with Crippen LogP contribution in [0.25, 0.3) is 0 Å². The quantitative estimate of drug-likeness (QED) is 0.591. The molecule has 0 saturated carbocycles. The molecular formula is C25H26ClN5O4. The molecule has 35 heavy (non-hydrogen) atoms. The summed E-state index contributed by atoms with van der Waals surface area (Å²) >= 11 is 6.15. The second-order valence-electron chi connectivity index (χ2n) is 9.20. The molecule has 182 valence electrons. The molecule has 0 aliphatic carbocycles. The summed E-state index contributed by atoms with van der Waals surface area (Å²) in [4.78, 5) is 41.1.